The number of urea groups is 3. The van der Waals surface area contributed by atoms with Crippen molar-refractivity contribution >= 4 is 53.1 Å². The molecule has 6 N–H and O–H groups in total. The van der Waals surface area contributed by atoms with Crippen LogP contribution in [0, 0.1) is 0 Å². The van der Waals surface area contributed by atoms with E-state index in [1.165, 1.54) is 18.2 Å². The molecule has 0 spiro atoms. The van der Waals surface area contributed by atoms with Gasteiger partial charge in [-0.3, -0.25) is 0 Å². The van der Waals surface area contributed by atoms with Crippen molar-refractivity contribution in [3.05, 3.63) is 126 Å². The summed E-state index contributed by atoms with van der Waals surface area (Å²) in [6.07, 6.45) is 18.8. The normalized spacial score (nSPS) is 12.0. The first-order valence-corrected chi connectivity index (χ1v) is 27.6. The molecule has 75 heavy (non-hydrogen) atoms. The van der Waals surface area contributed by atoms with Gasteiger partial charge in [0.15, 0.2) is 0 Å². The minimum Gasteiger partial charge on any atom is -0.464 e. The Bertz CT molecular complexity index is 2000. The summed E-state index contributed by atoms with van der Waals surface area (Å²) in [5.41, 5.74) is 2.79. The number of carbonyl (C=O) groups is 6. The summed E-state index contributed by atoms with van der Waals surface area (Å²) in [6.45, 7) is 7.13. The van der Waals surface area contributed by atoms with Gasteiger partial charge in [-0.25, -0.2) is 28.8 Å². The maximum absolute atomic E-state index is 13.9. The van der Waals surface area contributed by atoms with E-state index in [4.69, 9.17) is 14.2 Å². The Morgan fingerprint density at radius 2 is 0.587 bits per heavy atom. The number of benzene rings is 4. The second kappa shape index (κ2) is 36.9. The fourth-order valence-electron chi connectivity index (χ4n) is 8.42. The predicted octanol–water partition coefficient (Wildman–Crippen LogP) is 12.6. The van der Waals surface area contributed by atoms with E-state index in [1.54, 1.807) is 0 Å². The topological polar surface area (TPSA) is 202 Å². The number of esters is 3. The summed E-state index contributed by atoms with van der Waals surface area (Å²) in [5.74, 6) is -1.75. The second-order valence-electron chi connectivity index (χ2n) is 19.1. The van der Waals surface area contributed by atoms with Crippen molar-refractivity contribution in [2.24, 2.45) is 0 Å². The summed E-state index contributed by atoms with van der Waals surface area (Å²) >= 11 is 0. The van der Waals surface area contributed by atoms with Gasteiger partial charge in [-0.1, -0.05) is 208 Å². The lowest BCUT2D eigenvalue weighted by atomic mass is 10.1. The van der Waals surface area contributed by atoms with Crippen LogP contribution in [0.3, 0.4) is 0 Å². The molecule has 0 unspecified atom stereocenters. The van der Waals surface area contributed by atoms with Crippen LogP contribution in [0.2, 0.25) is 0 Å². The average molecular weight is 1030 g/mol. The number of nitrogens with one attached hydrogen (secondary N) is 6. The number of carbonyl (C=O) groups excluding carboxylic acids is 6. The van der Waals surface area contributed by atoms with Gasteiger partial charge in [0, 0.05) is 36.3 Å². The van der Waals surface area contributed by atoms with Crippen LogP contribution < -0.4 is 31.9 Å². The molecule has 15 heteroatoms. The van der Waals surface area contributed by atoms with Gasteiger partial charge >= 0.3 is 36.0 Å². The molecular weight excluding hydrogens is 949 g/mol. The highest BCUT2D eigenvalue weighted by Gasteiger charge is 2.26. The number of unbranched alkanes of at least 4 members (excludes halogenated alkanes) is 15. The minimum atomic E-state index is -1.05. The van der Waals surface area contributed by atoms with Crippen molar-refractivity contribution in [2.45, 2.75) is 174 Å². The minimum absolute atomic E-state index is 0.123. The van der Waals surface area contributed by atoms with Gasteiger partial charge in [-0.05, 0) is 54.2 Å². The Kier molecular flexibility index (Phi) is 29.9. The number of anilines is 3. The van der Waals surface area contributed by atoms with Crippen molar-refractivity contribution in [1.82, 2.24) is 16.0 Å². The first-order valence-electron chi connectivity index (χ1n) is 27.6. The van der Waals surface area contributed by atoms with Crippen LogP contribution >= 0.6 is 0 Å². The number of amides is 6. The number of hydrogen-bond acceptors (Lipinski definition) is 9. The van der Waals surface area contributed by atoms with E-state index in [9.17, 15) is 28.8 Å². The molecule has 3 atom stereocenters. The fourth-order valence-corrected chi connectivity index (χ4v) is 8.42. The quantitative estimate of drug-likeness (QED) is 0.0146. The molecule has 0 aliphatic heterocycles. The van der Waals surface area contributed by atoms with Crippen LogP contribution in [0.1, 0.15) is 153 Å². The Balaban J connectivity index is 1.56. The lowest BCUT2D eigenvalue weighted by Gasteiger charge is -2.21. The zero-order chi connectivity index (χ0) is 53.7. The third-order valence-corrected chi connectivity index (χ3v) is 12.6. The van der Waals surface area contributed by atoms with Crippen molar-refractivity contribution in [3.63, 3.8) is 0 Å². The summed E-state index contributed by atoms with van der Waals surface area (Å²) in [7, 11) is 0. The van der Waals surface area contributed by atoms with Gasteiger partial charge < -0.3 is 46.1 Å². The van der Waals surface area contributed by atoms with E-state index < -0.39 is 54.1 Å². The fraction of sp³-hybridized carbons (Fsp3) is 0.500. The summed E-state index contributed by atoms with van der Waals surface area (Å²) in [6, 6.07) is 26.8. The standard InChI is InChI=1S/C60H84N6O9/c1-4-7-10-13-16-28-37-73-55(67)52(40-46-31-22-19-23-32-46)64-58(70)61-49-43-50(62-59(71)65-53(41-47-33-24-20-25-34-47)56(68)74-38-29-17-14-11-8-5-2)45-51(44-49)63-60(72)66-54(42-48-35-26-21-27-36-48)57(69)75-39-30-18-15-12-9-6-3/h19-27,31-36,43-45,52-54H,4-18,28-30,37-42H2,1-3H3,(H2,61,64,70)(H2,62,65,71)(H2,63,66,72)/t52-,53-,54-/m0/s1. The molecule has 0 heterocycles. The number of ether oxygens (including phenoxy) is 3. The van der Waals surface area contributed by atoms with Crippen LogP contribution in [-0.2, 0) is 47.9 Å². The summed E-state index contributed by atoms with van der Waals surface area (Å²) < 4.78 is 17.0. The van der Waals surface area contributed by atoms with Crippen LogP contribution in [-0.4, -0.2) is 73.9 Å². The van der Waals surface area contributed by atoms with Gasteiger partial charge in [0.1, 0.15) is 18.1 Å². The molecule has 6 amide bonds. The van der Waals surface area contributed by atoms with Gasteiger partial charge in [0.2, 0.25) is 0 Å². The van der Waals surface area contributed by atoms with E-state index in [0.29, 0.717) is 19.3 Å². The molecule has 0 saturated heterocycles. The van der Waals surface area contributed by atoms with E-state index >= 15 is 0 Å². The molecule has 0 radical (unpaired) electrons. The summed E-state index contributed by atoms with van der Waals surface area (Å²) in [4.78, 5) is 82.2. The molecule has 0 aromatic heterocycles. The van der Waals surface area contributed by atoms with E-state index in [-0.39, 0.29) is 56.1 Å². The van der Waals surface area contributed by atoms with Gasteiger partial charge in [-0.2, -0.15) is 0 Å². The molecular formula is C60H84N6O9. The van der Waals surface area contributed by atoms with E-state index in [1.807, 2.05) is 91.0 Å². The molecule has 0 fully saturated rings. The highest BCUT2D eigenvalue weighted by Crippen LogP contribution is 2.24. The zero-order valence-electron chi connectivity index (χ0n) is 44.8. The van der Waals surface area contributed by atoms with Crippen molar-refractivity contribution in [3.8, 4) is 0 Å². The predicted molar refractivity (Wildman–Crippen MR) is 298 cm³/mol. The molecule has 408 valence electrons. The van der Waals surface area contributed by atoms with Gasteiger partial charge in [-0.15, -0.1) is 0 Å². The highest BCUT2D eigenvalue weighted by atomic mass is 16.5. The van der Waals surface area contributed by atoms with Gasteiger partial charge in [0.05, 0.1) is 19.8 Å². The van der Waals surface area contributed by atoms with Crippen LogP contribution in [0.5, 0.6) is 0 Å². The third kappa shape index (κ3) is 26.2. The van der Waals surface area contributed by atoms with E-state index in [0.717, 1.165) is 113 Å². The van der Waals surface area contributed by atoms with E-state index in [2.05, 4.69) is 52.7 Å². The van der Waals surface area contributed by atoms with Crippen molar-refractivity contribution < 1.29 is 43.0 Å². The van der Waals surface area contributed by atoms with Crippen LogP contribution in [0.25, 0.3) is 0 Å². The molecule has 4 aromatic rings. The SMILES string of the molecule is CCCCCCCCOC(=O)[C@H](Cc1ccccc1)NC(=O)Nc1cc(NC(=O)N[C@@H](Cc2ccccc2)C(=O)OCCCCCCCC)cc(NC(=O)N[C@@H](Cc2ccccc2)C(=O)OCCCCCCCC)c1. The number of hydrogen-bond donors (Lipinski definition) is 6. The van der Waals surface area contributed by atoms with Crippen LogP contribution in [0.4, 0.5) is 31.4 Å². The molecule has 0 bridgehead atoms. The maximum atomic E-state index is 13.9. The Labute approximate surface area is 445 Å². The Hall–Kier alpha value is -6.90. The Morgan fingerprint density at radius 1 is 0.347 bits per heavy atom. The molecule has 4 aromatic carbocycles. The zero-order valence-corrected chi connectivity index (χ0v) is 44.8. The molecule has 0 aliphatic rings. The maximum Gasteiger partial charge on any atom is 0.329 e. The first kappa shape index (κ1) is 60.7. The highest BCUT2D eigenvalue weighted by molar-refractivity contribution is 5.99. The molecule has 15 nitrogen and oxygen atoms in total. The lowest BCUT2D eigenvalue weighted by molar-refractivity contribution is -0.146. The lowest BCUT2D eigenvalue weighted by Crippen LogP contribution is -2.46. The third-order valence-electron chi connectivity index (χ3n) is 12.6. The van der Waals surface area contributed by atoms with Gasteiger partial charge in [0.25, 0.3) is 0 Å². The largest absolute Gasteiger partial charge is 0.464 e. The smallest absolute Gasteiger partial charge is 0.329 e. The summed E-state index contributed by atoms with van der Waals surface area (Å²) in [5, 5.41) is 16.6. The van der Waals surface area contributed by atoms with Crippen molar-refractivity contribution in [2.75, 3.05) is 35.8 Å². The molecule has 0 saturated carbocycles. The second-order valence-corrected chi connectivity index (χ2v) is 19.1. The average Bonchev–Trinajstić information content (AvgIpc) is 3.40. The molecule has 4 rings (SSSR count). The monoisotopic (exact) mass is 1030 g/mol. The Morgan fingerprint density at radius 3 is 0.840 bits per heavy atom. The number of rotatable bonds is 36. The first-order chi connectivity index (χ1) is 36.6. The van der Waals surface area contributed by atoms with Crippen LogP contribution in [0.15, 0.2) is 109 Å². The molecule has 0 aliphatic carbocycles. The van der Waals surface area contributed by atoms with Crippen molar-refractivity contribution in [1.29, 1.82) is 0 Å².